The molecular weight excluding hydrogens is 336 g/mol. The average Bonchev–Trinajstić information content (AvgIpc) is 2.70. The van der Waals surface area contributed by atoms with Crippen molar-refractivity contribution >= 4 is 17.3 Å². The van der Waals surface area contributed by atoms with E-state index in [2.05, 4.69) is 53.2 Å². The predicted molar refractivity (Wildman–Crippen MR) is 109 cm³/mol. The van der Waals surface area contributed by atoms with E-state index in [4.69, 9.17) is 5.26 Å². The molecule has 1 aliphatic rings. The number of hydrogen-bond donors (Lipinski definition) is 1. The minimum absolute atomic E-state index is 0.0368. The second-order valence-corrected chi connectivity index (χ2v) is 7.10. The number of rotatable bonds is 4. The van der Waals surface area contributed by atoms with Crippen LogP contribution in [0.15, 0.2) is 42.5 Å². The van der Waals surface area contributed by atoms with Crippen LogP contribution in [0.5, 0.6) is 0 Å². The number of aryl methyl sites for hydroxylation is 1. The number of benzene rings is 2. The molecule has 1 N–H and O–H groups in total. The number of carbonyl (C=O) groups excluding carboxylic acids is 1. The zero-order valence-corrected chi connectivity index (χ0v) is 16.2. The Hall–Kier alpha value is -2.84. The molecule has 0 unspecified atom stereocenters. The molecule has 5 heteroatoms. The molecule has 1 amide bonds. The number of piperazine rings is 1. The van der Waals surface area contributed by atoms with E-state index in [0.29, 0.717) is 11.3 Å². The van der Waals surface area contributed by atoms with Crippen LogP contribution in [0, 0.1) is 25.2 Å². The maximum absolute atomic E-state index is 12.6. The molecule has 5 nitrogen and oxygen atoms in total. The van der Waals surface area contributed by atoms with E-state index in [1.165, 1.54) is 16.8 Å². The van der Waals surface area contributed by atoms with Crippen molar-refractivity contribution in [3.8, 4) is 6.07 Å². The van der Waals surface area contributed by atoms with Gasteiger partial charge in [0.2, 0.25) is 5.91 Å². The maximum Gasteiger partial charge on any atom is 0.241 e. The average molecular weight is 362 g/mol. The Morgan fingerprint density at radius 1 is 1.11 bits per heavy atom. The molecule has 140 valence electrons. The first-order valence-corrected chi connectivity index (χ1v) is 9.36. The molecule has 0 bridgehead atoms. The number of hydrogen-bond acceptors (Lipinski definition) is 4. The highest BCUT2D eigenvalue weighted by Crippen LogP contribution is 2.24. The quantitative estimate of drug-likeness (QED) is 0.906. The largest absolute Gasteiger partial charge is 0.369 e. The van der Waals surface area contributed by atoms with Gasteiger partial charge in [-0.2, -0.15) is 5.26 Å². The van der Waals surface area contributed by atoms with Crippen LogP contribution in [0.25, 0.3) is 0 Å². The van der Waals surface area contributed by atoms with Gasteiger partial charge in [0.1, 0.15) is 0 Å². The van der Waals surface area contributed by atoms with Gasteiger partial charge in [-0.05, 0) is 56.2 Å². The van der Waals surface area contributed by atoms with Crippen molar-refractivity contribution < 1.29 is 4.79 Å². The third-order valence-electron chi connectivity index (χ3n) is 5.42. The third kappa shape index (κ3) is 4.29. The minimum Gasteiger partial charge on any atom is -0.369 e. The van der Waals surface area contributed by atoms with Crippen LogP contribution < -0.4 is 10.2 Å². The molecule has 0 saturated carbocycles. The third-order valence-corrected chi connectivity index (χ3v) is 5.42. The Kier molecular flexibility index (Phi) is 5.78. The normalized spacial score (nSPS) is 15.9. The van der Waals surface area contributed by atoms with Crippen molar-refractivity contribution in [3.05, 3.63) is 59.2 Å². The zero-order valence-electron chi connectivity index (χ0n) is 16.2. The monoisotopic (exact) mass is 362 g/mol. The second-order valence-electron chi connectivity index (χ2n) is 7.10. The molecule has 0 spiro atoms. The predicted octanol–water partition coefficient (Wildman–Crippen LogP) is 3.32. The van der Waals surface area contributed by atoms with Crippen molar-refractivity contribution in [1.82, 2.24) is 4.90 Å². The molecule has 0 aliphatic carbocycles. The first-order chi connectivity index (χ1) is 13.0. The Labute approximate surface area is 161 Å². The van der Waals surface area contributed by atoms with Gasteiger partial charge in [0.25, 0.3) is 0 Å². The fourth-order valence-electron chi connectivity index (χ4n) is 3.51. The summed E-state index contributed by atoms with van der Waals surface area (Å²) < 4.78 is 0. The van der Waals surface area contributed by atoms with Crippen LogP contribution >= 0.6 is 0 Å². The van der Waals surface area contributed by atoms with Gasteiger partial charge in [0.05, 0.1) is 17.7 Å². The molecule has 0 aromatic heterocycles. The van der Waals surface area contributed by atoms with Gasteiger partial charge in [0.15, 0.2) is 0 Å². The van der Waals surface area contributed by atoms with Crippen molar-refractivity contribution in [2.75, 3.05) is 36.4 Å². The SMILES string of the molecule is Cc1cccc(N2CCN([C@H](C)C(=O)Nc3cccc(C#N)c3)CC2)c1C. The van der Waals surface area contributed by atoms with Crippen LogP contribution in [0.4, 0.5) is 11.4 Å². The van der Waals surface area contributed by atoms with Crippen LogP contribution in [0.1, 0.15) is 23.6 Å². The molecule has 1 heterocycles. The summed E-state index contributed by atoms with van der Waals surface area (Å²) in [5.41, 5.74) is 5.14. The van der Waals surface area contributed by atoms with E-state index in [1.807, 2.05) is 13.0 Å². The minimum atomic E-state index is -0.212. The number of anilines is 2. The summed E-state index contributed by atoms with van der Waals surface area (Å²) in [5, 5.41) is 11.9. The van der Waals surface area contributed by atoms with Gasteiger partial charge in [-0.15, -0.1) is 0 Å². The molecule has 1 fully saturated rings. The van der Waals surface area contributed by atoms with Crippen LogP contribution in [0.2, 0.25) is 0 Å². The number of carbonyl (C=O) groups is 1. The first kappa shape index (κ1) is 18.9. The summed E-state index contributed by atoms with van der Waals surface area (Å²) in [4.78, 5) is 17.2. The highest BCUT2D eigenvalue weighted by atomic mass is 16.2. The Bertz CT molecular complexity index is 863. The van der Waals surface area contributed by atoms with E-state index >= 15 is 0 Å². The molecule has 0 radical (unpaired) electrons. The van der Waals surface area contributed by atoms with Crippen molar-refractivity contribution in [1.29, 1.82) is 5.26 Å². The molecular formula is C22H26N4O. The smallest absolute Gasteiger partial charge is 0.241 e. The second kappa shape index (κ2) is 8.24. The lowest BCUT2D eigenvalue weighted by molar-refractivity contribution is -0.120. The number of nitrogens with one attached hydrogen (secondary N) is 1. The zero-order chi connectivity index (χ0) is 19.4. The fourth-order valence-corrected chi connectivity index (χ4v) is 3.51. The van der Waals surface area contributed by atoms with Gasteiger partial charge in [0, 0.05) is 37.6 Å². The summed E-state index contributed by atoms with van der Waals surface area (Å²) >= 11 is 0. The van der Waals surface area contributed by atoms with Crippen molar-refractivity contribution in [3.63, 3.8) is 0 Å². The Morgan fingerprint density at radius 2 is 1.81 bits per heavy atom. The highest BCUT2D eigenvalue weighted by molar-refractivity contribution is 5.94. The Balaban J connectivity index is 1.59. The topological polar surface area (TPSA) is 59.4 Å². The summed E-state index contributed by atoms with van der Waals surface area (Å²) in [5.74, 6) is -0.0368. The van der Waals surface area contributed by atoms with E-state index in [0.717, 1.165) is 26.2 Å². The van der Waals surface area contributed by atoms with E-state index in [1.54, 1.807) is 18.2 Å². The number of nitrogens with zero attached hydrogens (tertiary/aromatic N) is 3. The highest BCUT2D eigenvalue weighted by Gasteiger charge is 2.26. The molecule has 2 aromatic rings. The maximum atomic E-state index is 12.6. The molecule has 2 aromatic carbocycles. The van der Waals surface area contributed by atoms with E-state index in [-0.39, 0.29) is 11.9 Å². The lowest BCUT2D eigenvalue weighted by Crippen LogP contribution is -2.53. The lowest BCUT2D eigenvalue weighted by Gasteiger charge is -2.39. The summed E-state index contributed by atoms with van der Waals surface area (Å²) in [6.45, 7) is 9.76. The first-order valence-electron chi connectivity index (χ1n) is 9.36. The van der Waals surface area contributed by atoms with E-state index in [9.17, 15) is 4.79 Å². The van der Waals surface area contributed by atoms with Crippen LogP contribution in [-0.4, -0.2) is 43.0 Å². The van der Waals surface area contributed by atoms with Crippen molar-refractivity contribution in [2.45, 2.75) is 26.8 Å². The standard InChI is InChI=1S/C22H26N4O/c1-16-6-4-9-21(17(16)2)26-12-10-25(11-13-26)18(3)22(27)24-20-8-5-7-19(14-20)15-23/h4-9,14,18H,10-13H2,1-3H3,(H,24,27)/t18-/m1/s1. The van der Waals surface area contributed by atoms with E-state index < -0.39 is 0 Å². The van der Waals surface area contributed by atoms with Crippen molar-refractivity contribution in [2.24, 2.45) is 0 Å². The molecule has 1 atom stereocenters. The lowest BCUT2D eigenvalue weighted by atomic mass is 10.1. The summed E-state index contributed by atoms with van der Waals surface area (Å²) in [7, 11) is 0. The van der Waals surface area contributed by atoms with Gasteiger partial charge in [-0.1, -0.05) is 18.2 Å². The number of amides is 1. The van der Waals surface area contributed by atoms with Crippen LogP contribution in [0.3, 0.4) is 0 Å². The molecule has 1 aliphatic heterocycles. The summed E-state index contributed by atoms with van der Waals surface area (Å²) in [6, 6.07) is 15.3. The van der Waals surface area contributed by atoms with Gasteiger partial charge in [-0.3, -0.25) is 9.69 Å². The fraction of sp³-hybridized carbons (Fsp3) is 0.364. The summed E-state index contributed by atoms with van der Waals surface area (Å²) in [6.07, 6.45) is 0. The van der Waals surface area contributed by atoms with Crippen LogP contribution in [-0.2, 0) is 4.79 Å². The van der Waals surface area contributed by atoms with Gasteiger partial charge >= 0.3 is 0 Å². The molecule has 27 heavy (non-hydrogen) atoms. The molecule has 3 rings (SSSR count). The Morgan fingerprint density at radius 3 is 2.52 bits per heavy atom. The van der Waals surface area contributed by atoms with Gasteiger partial charge < -0.3 is 10.2 Å². The number of nitriles is 1. The van der Waals surface area contributed by atoms with Gasteiger partial charge in [-0.25, -0.2) is 0 Å². The molecule has 1 saturated heterocycles.